The number of carbonyl (C=O) groups is 1. The summed E-state index contributed by atoms with van der Waals surface area (Å²) < 4.78 is 1.95. The Hall–Kier alpha value is -2.24. The van der Waals surface area contributed by atoms with Crippen molar-refractivity contribution in [3.63, 3.8) is 0 Å². The van der Waals surface area contributed by atoms with Crippen LogP contribution in [0.5, 0.6) is 0 Å². The predicted octanol–water partition coefficient (Wildman–Crippen LogP) is 3.06. The Bertz CT molecular complexity index is 845. The van der Waals surface area contributed by atoms with Crippen LogP contribution in [0, 0.1) is 5.92 Å². The molecule has 3 heterocycles. The fourth-order valence-corrected chi connectivity index (χ4v) is 4.31. The molecule has 1 aliphatic heterocycles. The lowest BCUT2D eigenvalue weighted by Gasteiger charge is -2.34. The molecule has 2 aliphatic carbocycles. The number of piperidine rings is 1. The van der Waals surface area contributed by atoms with Crippen molar-refractivity contribution in [2.24, 2.45) is 5.92 Å². The molecule has 2 aromatic heterocycles. The normalized spacial score (nSPS) is 24.3. The van der Waals surface area contributed by atoms with Crippen LogP contribution in [0.4, 0.5) is 0 Å². The van der Waals surface area contributed by atoms with E-state index in [-0.39, 0.29) is 5.92 Å². The van der Waals surface area contributed by atoms with Crippen molar-refractivity contribution < 1.29 is 4.79 Å². The highest BCUT2D eigenvalue weighted by molar-refractivity contribution is 5.79. The Kier molecular flexibility index (Phi) is 3.98. The number of likely N-dealkylation sites (tertiary alicyclic amines) is 1. The molecular formula is C20H25N5O. The van der Waals surface area contributed by atoms with Gasteiger partial charge >= 0.3 is 0 Å². The Labute approximate surface area is 153 Å². The highest BCUT2D eigenvalue weighted by Gasteiger charge is 2.31. The third-order valence-corrected chi connectivity index (χ3v) is 6.09. The number of amides is 1. The van der Waals surface area contributed by atoms with Gasteiger partial charge in [0, 0.05) is 30.8 Å². The van der Waals surface area contributed by atoms with Crippen LogP contribution in [-0.4, -0.2) is 43.7 Å². The fourth-order valence-electron chi connectivity index (χ4n) is 4.31. The third-order valence-electron chi connectivity index (χ3n) is 6.09. The van der Waals surface area contributed by atoms with E-state index in [4.69, 9.17) is 5.10 Å². The summed E-state index contributed by atoms with van der Waals surface area (Å²) in [6.07, 6.45) is 11.7. The van der Waals surface area contributed by atoms with E-state index in [0.717, 1.165) is 62.4 Å². The molecule has 6 nitrogen and oxygen atoms in total. The van der Waals surface area contributed by atoms with Gasteiger partial charge in [-0.15, -0.1) is 10.2 Å². The summed E-state index contributed by atoms with van der Waals surface area (Å²) in [6.45, 7) is 1.64. The molecule has 2 aromatic rings. The van der Waals surface area contributed by atoms with Gasteiger partial charge in [-0.3, -0.25) is 4.79 Å². The summed E-state index contributed by atoms with van der Waals surface area (Å²) in [6, 6.07) is 4.12. The largest absolute Gasteiger partial charge is 0.342 e. The average molecular weight is 351 g/mol. The lowest BCUT2D eigenvalue weighted by Crippen LogP contribution is -2.41. The van der Waals surface area contributed by atoms with E-state index >= 15 is 0 Å². The van der Waals surface area contributed by atoms with E-state index in [1.165, 1.54) is 12.8 Å². The summed E-state index contributed by atoms with van der Waals surface area (Å²) in [7, 11) is 0. The number of carbonyl (C=O) groups excluding carboxylic acids is 1. The summed E-state index contributed by atoms with van der Waals surface area (Å²) in [5.41, 5.74) is 1.99. The molecule has 1 unspecified atom stereocenters. The second-order valence-corrected chi connectivity index (χ2v) is 7.94. The van der Waals surface area contributed by atoms with E-state index in [9.17, 15) is 4.79 Å². The van der Waals surface area contributed by atoms with Gasteiger partial charge in [-0.2, -0.15) is 9.61 Å². The van der Waals surface area contributed by atoms with Crippen LogP contribution < -0.4 is 0 Å². The van der Waals surface area contributed by atoms with E-state index < -0.39 is 0 Å². The molecule has 1 saturated heterocycles. The molecule has 5 rings (SSSR count). The fraction of sp³-hybridized carbons (Fsp3) is 0.600. The molecule has 2 fully saturated rings. The van der Waals surface area contributed by atoms with E-state index in [2.05, 4.69) is 33.3 Å². The van der Waals surface area contributed by atoms with Crippen LogP contribution in [0.3, 0.4) is 0 Å². The number of nitrogens with zero attached hydrogens (tertiary/aromatic N) is 5. The van der Waals surface area contributed by atoms with Gasteiger partial charge in [-0.25, -0.2) is 0 Å². The first-order chi connectivity index (χ1) is 12.8. The van der Waals surface area contributed by atoms with Crippen molar-refractivity contribution in [3.8, 4) is 0 Å². The Balaban J connectivity index is 1.29. The maximum atomic E-state index is 12.7. The number of hydrogen-bond acceptors (Lipinski definition) is 4. The van der Waals surface area contributed by atoms with Crippen LogP contribution in [-0.2, 0) is 4.79 Å². The molecule has 0 aromatic carbocycles. The van der Waals surface area contributed by atoms with Gasteiger partial charge in [0.25, 0.3) is 0 Å². The smallest absolute Gasteiger partial charge is 0.226 e. The van der Waals surface area contributed by atoms with Crippen LogP contribution >= 0.6 is 0 Å². The van der Waals surface area contributed by atoms with Gasteiger partial charge in [-0.1, -0.05) is 12.2 Å². The molecular weight excluding hydrogens is 326 g/mol. The van der Waals surface area contributed by atoms with Crippen molar-refractivity contribution in [1.82, 2.24) is 24.7 Å². The standard InChI is InChI=1S/C20H25N5O/c26-20(16-4-2-1-3-5-16)24-12-10-15(11-13-24)19-22-21-18-9-8-17(14-6-7-14)23-25(18)19/h1-2,8-9,14-16H,3-7,10-13H2. The van der Waals surface area contributed by atoms with Crippen LogP contribution in [0.2, 0.25) is 0 Å². The lowest BCUT2D eigenvalue weighted by molar-refractivity contribution is -0.136. The molecule has 1 atom stereocenters. The summed E-state index contributed by atoms with van der Waals surface area (Å²) in [5, 5.41) is 13.5. The number of rotatable bonds is 3. The zero-order valence-electron chi connectivity index (χ0n) is 15.0. The van der Waals surface area contributed by atoms with Gasteiger partial charge < -0.3 is 4.90 Å². The van der Waals surface area contributed by atoms with Crippen molar-refractivity contribution in [2.75, 3.05) is 13.1 Å². The number of hydrogen-bond donors (Lipinski definition) is 0. The SMILES string of the molecule is O=C(C1CC=CCC1)N1CCC(c2nnc3ccc(C4CC4)nn23)CC1. The quantitative estimate of drug-likeness (QED) is 0.797. The summed E-state index contributed by atoms with van der Waals surface area (Å²) >= 11 is 0. The van der Waals surface area contributed by atoms with Crippen molar-refractivity contribution >= 4 is 11.6 Å². The zero-order valence-corrected chi connectivity index (χ0v) is 15.0. The van der Waals surface area contributed by atoms with E-state index in [1.54, 1.807) is 0 Å². The van der Waals surface area contributed by atoms with E-state index in [0.29, 0.717) is 17.7 Å². The molecule has 0 N–H and O–H groups in total. The summed E-state index contributed by atoms with van der Waals surface area (Å²) in [5.74, 6) is 2.46. The molecule has 6 heteroatoms. The predicted molar refractivity (Wildman–Crippen MR) is 97.8 cm³/mol. The number of aromatic nitrogens is 4. The second-order valence-electron chi connectivity index (χ2n) is 7.94. The third kappa shape index (κ3) is 2.91. The molecule has 1 saturated carbocycles. The molecule has 3 aliphatic rings. The number of fused-ring (bicyclic) bond motifs is 1. The molecule has 0 radical (unpaired) electrons. The molecule has 136 valence electrons. The first kappa shape index (κ1) is 16.0. The van der Waals surface area contributed by atoms with E-state index in [1.807, 2.05) is 10.6 Å². The van der Waals surface area contributed by atoms with Gasteiger partial charge in [0.05, 0.1) is 5.69 Å². The minimum atomic E-state index is 0.188. The molecule has 26 heavy (non-hydrogen) atoms. The van der Waals surface area contributed by atoms with Crippen LogP contribution in [0.1, 0.15) is 68.3 Å². The minimum absolute atomic E-state index is 0.188. The van der Waals surface area contributed by atoms with Crippen LogP contribution in [0.15, 0.2) is 24.3 Å². The second kappa shape index (κ2) is 6.49. The van der Waals surface area contributed by atoms with Gasteiger partial charge in [0.15, 0.2) is 11.5 Å². The van der Waals surface area contributed by atoms with Gasteiger partial charge in [0.1, 0.15) is 0 Å². The molecule has 0 bridgehead atoms. The van der Waals surface area contributed by atoms with Crippen molar-refractivity contribution in [2.45, 2.75) is 56.8 Å². The highest BCUT2D eigenvalue weighted by Crippen LogP contribution is 2.39. The maximum absolute atomic E-state index is 12.7. The topological polar surface area (TPSA) is 63.4 Å². The Morgan fingerprint density at radius 1 is 0.962 bits per heavy atom. The monoisotopic (exact) mass is 351 g/mol. The van der Waals surface area contributed by atoms with Crippen LogP contribution in [0.25, 0.3) is 5.65 Å². The molecule has 0 spiro atoms. The molecule has 1 amide bonds. The van der Waals surface area contributed by atoms with Gasteiger partial charge in [-0.05, 0) is 57.1 Å². The van der Waals surface area contributed by atoms with Gasteiger partial charge in [0.2, 0.25) is 5.91 Å². The zero-order chi connectivity index (χ0) is 17.5. The highest BCUT2D eigenvalue weighted by atomic mass is 16.2. The minimum Gasteiger partial charge on any atom is -0.342 e. The first-order valence-electron chi connectivity index (χ1n) is 9.95. The van der Waals surface area contributed by atoms with Crippen molar-refractivity contribution in [3.05, 3.63) is 35.8 Å². The Morgan fingerprint density at radius 2 is 1.81 bits per heavy atom. The average Bonchev–Trinajstić information content (AvgIpc) is 3.47. The number of allylic oxidation sites excluding steroid dienone is 2. The first-order valence-corrected chi connectivity index (χ1v) is 9.95. The lowest BCUT2D eigenvalue weighted by atomic mass is 9.90. The van der Waals surface area contributed by atoms with Crippen molar-refractivity contribution in [1.29, 1.82) is 0 Å². The summed E-state index contributed by atoms with van der Waals surface area (Å²) in [4.78, 5) is 14.8. The Morgan fingerprint density at radius 3 is 2.54 bits per heavy atom. The maximum Gasteiger partial charge on any atom is 0.226 e.